The number of halogens is 2. The molecule has 0 fully saturated rings. The molecular weight excluding hydrogens is 617 g/mol. The molecule has 10 heteroatoms. The van der Waals surface area contributed by atoms with Crippen molar-refractivity contribution in [3.8, 4) is 0 Å². The molecule has 0 aliphatic heterocycles. The predicted molar refractivity (Wildman–Crippen MR) is 177 cm³/mol. The van der Waals surface area contributed by atoms with E-state index in [9.17, 15) is 18.0 Å². The Labute approximate surface area is 269 Å². The first-order chi connectivity index (χ1) is 20.9. The highest BCUT2D eigenvalue weighted by molar-refractivity contribution is 7.92. The van der Waals surface area contributed by atoms with Gasteiger partial charge >= 0.3 is 0 Å². The summed E-state index contributed by atoms with van der Waals surface area (Å²) < 4.78 is 29.6. The number of aryl methyl sites for hydroxylation is 2. The minimum absolute atomic E-state index is 0.0460. The van der Waals surface area contributed by atoms with Crippen molar-refractivity contribution >= 4 is 50.7 Å². The molecule has 0 aromatic heterocycles. The molecule has 1 unspecified atom stereocenters. The van der Waals surface area contributed by atoms with Crippen LogP contribution in [-0.4, -0.2) is 44.8 Å². The maximum Gasteiger partial charge on any atom is 0.264 e. The summed E-state index contributed by atoms with van der Waals surface area (Å²) in [5.41, 5.74) is 4.12. The first-order valence-corrected chi connectivity index (χ1v) is 16.3. The number of hydrogen-bond donors (Lipinski definition) is 1. The van der Waals surface area contributed by atoms with E-state index in [2.05, 4.69) is 5.32 Å². The van der Waals surface area contributed by atoms with E-state index in [-0.39, 0.29) is 17.9 Å². The van der Waals surface area contributed by atoms with Gasteiger partial charge in [0.1, 0.15) is 12.6 Å². The highest BCUT2D eigenvalue weighted by Crippen LogP contribution is 2.31. The van der Waals surface area contributed by atoms with Gasteiger partial charge in [0.15, 0.2) is 0 Å². The monoisotopic (exact) mass is 651 g/mol. The summed E-state index contributed by atoms with van der Waals surface area (Å²) in [6.45, 7) is 4.88. The lowest BCUT2D eigenvalue weighted by molar-refractivity contribution is -0.139. The van der Waals surface area contributed by atoms with Crippen LogP contribution in [0.3, 0.4) is 0 Å². The molecule has 0 heterocycles. The van der Waals surface area contributed by atoms with Gasteiger partial charge in [-0.2, -0.15) is 0 Å². The number of carbonyl (C=O) groups is 2. The van der Waals surface area contributed by atoms with Gasteiger partial charge in [0, 0.05) is 35.6 Å². The molecule has 230 valence electrons. The van der Waals surface area contributed by atoms with E-state index in [4.69, 9.17) is 23.2 Å². The number of anilines is 1. The highest BCUT2D eigenvalue weighted by atomic mass is 35.5. The Balaban J connectivity index is 1.85. The average molecular weight is 653 g/mol. The molecule has 0 aliphatic rings. The molecule has 0 saturated carbocycles. The highest BCUT2D eigenvalue weighted by Gasteiger charge is 2.35. The lowest BCUT2D eigenvalue weighted by Crippen LogP contribution is -2.53. The lowest BCUT2D eigenvalue weighted by Gasteiger charge is -2.34. The van der Waals surface area contributed by atoms with Gasteiger partial charge in [0.25, 0.3) is 10.0 Å². The minimum atomic E-state index is -4.21. The SMILES string of the molecule is CNC(=O)C(Cc1ccccc1)N(Cc1c(Cl)cccc1Cl)C(=O)CN(c1cccc(C)c1C)S(=O)(=O)c1ccc(C)cc1. The Morgan fingerprint density at radius 2 is 1.43 bits per heavy atom. The van der Waals surface area contributed by atoms with E-state index in [1.807, 2.05) is 57.2 Å². The molecule has 1 atom stereocenters. The van der Waals surface area contributed by atoms with E-state index in [1.54, 1.807) is 42.5 Å². The first kappa shape index (κ1) is 33.1. The summed E-state index contributed by atoms with van der Waals surface area (Å²) in [5.74, 6) is -1.01. The molecule has 7 nitrogen and oxygen atoms in total. The van der Waals surface area contributed by atoms with Crippen LogP contribution in [0.25, 0.3) is 0 Å². The Morgan fingerprint density at radius 1 is 0.818 bits per heavy atom. The second kappa shape index (κ2) is 14.3. The van der Waals surface area contributed by atoms with Crippen LogP contribution in [0.5, 0.6) is 0 Å². The molecule has 0 saturated heterocycles. The van der Waals surface area contributed by atoms with Gasteiger partial charge in [-0.05, 0) is 67.8 Å². The van der Waals surface area contributed by atoms with E-state index < -0.39 is 34.4 Å². The maximum atomic E-state index is 14.5. The third kappa shape index (κ3) is 7.44. The van der Waals surface area contributed by atoms with Crippen molar-refractivity contribution in [3.05, 3.63) is 129 Å². The predicted octanol–water partition coefficient (Wildman–Crippen LogP) is 6.50. The molecule has 0 spiro atoms. The second-order valence-corrected chi connectivity index (χ2v) is 13.3. The van der Waals surface area contributed by atoms with Crippen molar-refractivity contribution < 1.29 is 18.0 Å². The van der Waals surface area contributed by atoms with Gasteiger partial charge in [0.05, 0.1) is 10.6 Å². The van der Waals surface area contributed by atoms with Gasteiger partial charge in [0.2, 0.25) is 11.8 Å². The molecule has 44 heavy (non-hydrogen) atoms. The number of amides is 2. The number of nitrogens with one attached hydrogen (secondary N) is 1. The number of sulfonamides is 1. The standard InChI is InChI=1S/C34H35Cl2N3O4S/c1-23-16-18-27(19-17-23)44(42,43)39(31-15-8-10-24(2)25(31)3)22-33(40)38(21-28-29(35)13-9-14-30(28)36)32(34(41)37-4)20-26-11-6-5-7-12-26/h5-19,32H,20-22H2,1-4H3,(H,37,41). The summed E-state index contributed by atoms with van der Waals surface area (Å²) in [5, 5.41) is 3.31. The summed E-state index contributed by atoms with van der Waals surface area (Å²) in [4.78, 5) is 29.3. The smallest absolute Gasteiger partial charge is 0.264 e. The summed E-state index contributed by atoms with van der Waals surface area (Å²) in [6.07, 6.45) is 0.183. The minimum Gasteiger partial charge on any atom is -0.357 e. The topological polar surface area (TPSA) is 86.8 Å². The first-order valence-electron chi connectivity index (χ1n) is 14.1. The van der Waals surface area contributed by atoms with Crippen LogP contribution in [0.15, 0.2) is 95.9 Å². The van der Waals surface area contributed by atoms with Gasteiger partial charge in [-0.15, -0.1) is 0 Å². The van der Waals surface area contributed by atoms with E-state index in [0.717, 1.165) is 21.0 Å². The number of benzene rings is 4. The fraction of sp³-hybridized carbons (Fsp3) is 0.235. The fourth-order valence-electron chi connectivity index (χ4n) is 4.93. The van der Waals surface area contributed by atoms with E-state index >= 15 is 0 Å². The Bertz CT molecular complexity index is 1730. The zero-order valence-electron chi connectivity index (χ0n) is 25.1. The Kier molecular flexibility index (Phi) is 10.7. The van der Waals surface area contributed by atoms with Gasteiger partial charge in [-0.1, -0.05) is 89.4 Å². The van der Waals surface area contributed by atoms with Crippen LogP contribution in [0.4, 0.5) is 5.69 Å². The number of hydrogen-bond acceptors (Lipinski definition) is 4. The molecule has 0 radical (unpaired) electrons. The van der Waals surface area contributed by atoms with Crippen molar-refractivity contribution in [2.75, 3.05) is 17.9 Å². The summed E-state index contributed by atoms with van der Waals surface area (Å²) in [7, 11) is -2.71. The quantitative estimate of drug-likeness (QED) is 0.201. The largest absolute Gasteiger partial charge is 0.357 e. The number of likely N-dealkylation sites (N-methyl/N-ethyl adjacent to an activating group) is 1. The van der Waals surface area contributed by atoms with Crippen molar-refractivity contribution in [2.24, 2.45) is 0 Å². The van der Waals surface area contributed by atoms with Crippen LogP contribution >= 0.6 is 23.2 Å². The van der Waals surface area contributed by atoms with Crippen LogP contribution < -0.4 is 9.62 Å². The molecule has 0 aliphatic carbocycles. The normalized spacial score (nSPS) is 12.0. The van der Waals surface area contributed by atoms with Crippen molar-refractivity contribution in [2.45, 2.75) is 44.7 Å². The van der Waals surface area contributed by atoms with Gasteiger partial charge < -0.3 is 10.2 Å². The summed E-state index contributed by atoms with van der Waals surface area (Å²) in [6, 6.07) is 25.1. The van der Waals surface area contributed by atoms with E-state index in [1.165, 1.54) is 24.1 Å². The number of rotatable bonds is 11. The van der Waals surface area contributed by atoms with Crippen molar-refractivity contribution in [1.29, 1.82) is 0 Å². The number of carbonyl (C=O) groups excluding carboxylic acids is 2. The van der Waals surface area contributed by atoms with Crippen molar-refractivity contribution in [1.82, 2.24) is 10.2 Å². The average Bonchev–Trinajstić information content (AvgIpc) is 3.00. The van der Waals surface area contributed by atoms with Crippen LogP contribution in [0.2, 0.25) is 10.0 Å². The third-order valence-corrected chi connectivity index (χ3v) is 10.1. The molecule has 4 rings (SSSR count). The van der Waals surface area contributed by atoms with Crippen molar-refractivity contribution in [3.63, 3.8) is 0 Å². The summed E-state index contributed by atoms with van der Waals surface area (Å²) >= 11 is 13.1. The zero-order valence-corrected chi connectivity index (χ0v) is 27.4. The van der Waals surface area contributed by atoms with Gasteiger partial charge in [-0.25, -0.2) is 8.42 Å². The number of nitrogens with zero attached hydrogens (tertiary/aromatic N) is 2. The fourth-order valence-corrected chi connectivity index (χ4v) is 6.92. The zero-order chi connectivity index (χ0) is 32.0. The van der Waals surface area contributed by atoms with Crippen LogP contribution in [-0.2, 0) is 32.6 Å². The van der Waals surface area contributed by atoms with Crippen LogP contribution in [0, 0.1) is 20.8 Å². The Hall–Kier alpha value is -3.85. The maximum absolute atomic E-state index is 14.5. The third-order valence-electron chi connectivity index (χ3n) is 7.64. The molecule has 2 amide bonds. The van der Waals surface area contributed by atoms with Crippen LogP contribution in [0.1, 0.15) is 27.8 Å². The Morgan fingerprint density at radius 3 is 2.05 bits per heavy atom. The second-order valence-electron chi connectivity index (χ2n) is 10.6. The molecule has 4 aromatic carbocycles. The van der Waals surface area contributed by atoms with E-state index in [0.29, 0.717) is 26.9 Å². The van der Waals surface area contributed by atoms with Gasteiger partial charge in [-0.3, -0.25) is 13.9 Å². The molecule has 1 N–H and O–H groups in total. The molecule has 0 bridgehead atoms. The lowest BCUT2D eigenvalue weighted by atomic mass is 10.0. The molecule has 4 aromatic rings. The molecular formula is C34H35Cl2N3O4S.